The number of rotatable bonds is 2. The smallest absolute Gasteiger partial charge is 0.379 e. The van der Waals surface area contributed by atoms with E-state index >= 15 is 0 Å². The molecule has 6 heteroatoms. The van der Waals surface area contributed by atoms with Gasteiger partial charge in [0, 0.05) is 11.8 Å². The second-order valence-corrected chi connectivity index (χ2v) is 3.40. The van der Waals surface area contributed by atoms with Gasteiger partial charge >= 0.3 is 6.18 Å². The van der Waals surface area contributed by atoms with E-state index in [2.05, 4.69) is 4.98 Å². The van der Waals surface area contributed by atoms with Crippen LogP contribution in [0, 0.1) is 0 Å². The van der Waals surface area contributed by atoms with Gasteiger partial charge in [-0.05, 0) is 12.3 Å². The third-order valence-electron chi connectivity index (χ3n) is 1.59. The zero-order chi connectivity index (χ0) is 10.8. The van der Waals surface area contributed by atoms with Gasteiger partial charge in [0.1, 0.15) is 0 Å². The molecular weight excluding hydrogens is 215 g/mol. The van der Waals surface area contributed by atoms with Crippen molar-refractivity contribution in [1.82, 2.24) is 4.98 Å². The van der Waals surface area contributed by atoms with Gasteiger partial charge < -0.3 is 5.11 Å². The Bertz CT molecular complexity index is 298. The Balaban J connectivity index is 2.87. The lowest BCUT2D eigenvalue weighted by atomic mass is 10.1. The minimum absolute atomic E-state index is 0.240. The Labute approximate surface area is 83.2 Å². The number of nitrogens with zero attached hydrogens (tertiary/aromatic N) is 1. The molecule has 0 saturated heterocycles. The number of thioether (sulfide) groups is 1. The van der Waals surface area contributed by atoms with Crippen molar-refractivity contribution in [1.29, 1.82) is 0 Å². The van der Waals surface area contributed by atoms with Crippen LogP contribution in [0.5, 0.6) is 0 Å². The van der Waals surface area contributed by atoms with Gasteiger partial charge in [0.15, 0.2) is 6.10 Å². The predicted molar refractivity (Wildman–Crippen MR) is 47.0 cm³/mol. The molecule has 0 amide bonds. The van der Waals surface area contributed by atoms with Crippen LogP contribution in [-0.2, 0) is 0 Å². The van der Waals surface area contributed by atoms with E-state index in [4.69, 9.17) is 5.11 Å². The molecule has 1 heterocycles. The molecule has 1 N–H and O–H groups in total. The first-order chi connectivity index (χ1) is 6.45. The minimum atomic E-state index is -4.64. The van der Waals surface area contributed by atoms with Gasteiger partial charge in [-0.1, -0.05) is 6.07 Å². The van der Waals surface area contributed by atoms with Crippen molar-refractivity contribution in [2.75, 3.05) is 6.26 Å². The molecular formula is C8H8F3NOS. The van der Waals surface area contributed by atoms with Crippen molar-refractivity contribution in [2.45, 2.75) is 17.3 Å². The molecule has 0 radical (unpaired) electrons. The number of aromatic nitrogens is 1. The second-order valence-electron chi connectivity index (χ2n) is 2.58. The van der Waals surface area contributed by atoms with E-state index in [1.807, 2.05) is 0 Å². The summed E-state index contributed by atoms with van der Waals surface area (Å²) in [5.41, 5.74) is -0.240. The molecule has 78 valence electrons. The summed E-state index contributed by atoms with van der Waals surface area (Å²) in [5.74, 6) is 0. The number of hydrogen-bond donors (Lipinski definition) is 1. The fourth-order valence-corrected chi connectivity index (χ4v) is 1.23. The molecule has 1 aromatic rings. The monoisotopic (exact) mass is 223 g/mol. The molecule has 14 heavy (non-hydrogen) atoms. The lowest BCUT2D eigenvalue weighted by molar-refractivity contribution is -0.206. The topological polar surface area (TPSA) is 33.1 Å². The second kappa shape index (κ2) is 4.18. The molecule has 0 aromatic carbocycles. The summed E-state index contributed by atoms with van der Waals surface area (Å²) in [6, 6.07) is 2.66. The van der Waals surface area contributed by atoms with E-state index in [-0.39, 0.29) is 5.56 Å². The van der Waals surface area contributed by atoms with Gasteiger partial charge in [-0.2, -0.15) is 13.2 Å². The molecule has 0 aliphatic carbocycles. The normalized spacial score (nSPS) is 14.1. The minimum Gasteiger partial charge on any atom is -0.379 e. The van der Waals surface area contributed by atoms with Crippen LogP contribution in [0.3, 0.4) is 0 Å². The molecule has 0 aliphatic rings. The Kier molecular flexibility index (Phi) is 3.38. The average molecular weight is 223 g/mol. The number of hydrogen-bond acceptors (Lipinski definition) is 3. The molecule has 2 nitrogen and oxygen atoms in total. The van der Waals surface area contributed by atoms with Gasteiger partial charge in [0.2, 0.25) is 0 Å². The van der Waals surface area contributed by atoms with E-state index in [0.29, 0.717) is 5.03 Å². The van der Waals surface area contributed by atoms with E-state index in [9.17, 15) is 13.2 Å². The summed E-state index contributed by atoms with van der Waals surface area (Å²) in [7, 11) is 0. The first-order valence-corrected chi connectivity index (χ1v) is 4.92. The van der Waals surface area contributed by atoms with Crippen LogP contribution in [0.4, 0.5) is 13.2 Å². The van der Waals surface area contributed by atoms with Crippen LogP contribution in [0.15, 0.2) is 23.4 Å². The summed E-state index contributed by atoms with van der Waals surface area (Å²) >= 11 is 1.32. The Hall–Kier alpha value is -0.750. The fraction of sp³-hybridized carbons (Fsp3) is 0.375. The SMILES string of the molecule is CSc1ccc([C@@H](O)C(F)(F)F)cn1. The molecule has 1 atom stereocenters. The standard InChI is InChI=1S/C8H8F3NOS/c1-14-6-3-2-5(4-12-6)7(13)8(9,10)11/h2-4,7,13H,1H3/t7-/m1/s1. The quantitative estimate of drug-likeness (QED) is 0.781. The van der Waals surface area contributed by atoms with Crippen LogP contribution >= 0.6 is 11.8 Å². The molecule has 0 bridgehead atoms. The maximum absolute atomic E-state index is 12.0. The predicted octanol–water partition coefficient (Wildman–Crippen LogP) is 2.40. The average Bonchev–Trinajstić information content (AvgIpc) is 2.15. The Morgan fingerprint density at radius 2 is 2.07 bits per heavy atom. The van der Waals surface area contributed by atoms with Crippen molar-refractivity contribution in [2.24, 2.45) is 0 Å². The molecule has 1 aromatic heterocycles. The van der Waals surface area contributed by atoms with Crippen molar-refractivity contribution < 1.29 is 18.3 Å². The third-order valence-corrected chi connectivity index (χ3v) is 2.25. The zero-order valence-electron chi connectivity index (χ0n) is 7.25. The van der Waals surface area contributed by atoms with Gasteiger partial charge in [-0.3, -0.25) is 0 Å². The van der Waals surface area contributed by atoms with Crippen LogP contribution in [0.2, 0.25) is 0 Å². The lowest BCUT2D eigenvalue weighted by Crippen LogP contribution is -2.20. The molecule has 0 unspecified atom stereocenters. The maximum Gasteiger partial charge on any atom is 0.418 e. The number of aliphatic hydroxyl groups excluding tert-OH is 1. The largest absolute Gasteiger partial charge is 0.418 e. The van der Waals surface area contributed by atoms with Crippen LogP contribution in [-0.4, -0.2) is 22.5 Å². The van der Waals surface area contributed by atoms with Gasteiger partial charge in [-0.15, -0.1) is 11.8 Å². The molecule has 0 spiro atoms. The first kappa shape index (κ1) is 11.3. The molecule has 0 fully saturated rings. The highest BCUT2D eigenvalue weighted by Crippen LogP contribution is 2.32. The first-order valence-electron chi connectivity index (χ1n) is 3.70. The van der Waals surface area contributed by atoms with E-state index in [1.54, 1.807) is 6.26 Å². The molecule has 1 rings (SSSR count). The third kappa shape index (κ3) is 2.62. The summed E-state index contributed by atoms with van der Waals surface area (Å²) < 4.78 is 36.1. The van der Waals surface area contributed by atoms with E-state index < -0.39 is 12.3 Å². The number of pyridine rings is 1. The van der Waals surface area contributed by atoms with Crippen LogP contribution < -0.4 is 0 Å². The van der Waals surface area contributed by atoms with E-state index in [0.717, 1.165) is 6.20 Å². The highest BCUT2D eigenvalue weighted by Gasteiger charge is 2.39. The molecule has 0 aliphatic heterocycles. The van der Waals surface area contributed by atoms with E-state index in [1.165, 1.54) is 23.9 Å². The van der Waals surface area contributed by atoms with Crippen LogP contribution in [0.1, 0.15) is 11.7 Å². The van der Waals surface area contributed by atoms with Crippen molar-refractivity contribution >= 4 is 11.8 Å². The van der Waals surface area contributed by atoms with Crippen LogP contribution in [0.25, 0.3) is 0 Å². The van der Waals surface area contributed by atoms with Crippen molar-refractivity contribution in [3.63, 3.8) is 0 Å². The lowest BCUT2D eigenvalue weighted by Gasteiger charge is -2.14. The highest BCUT2D eigenvalue weighted by molar-refractivity contribution is 7.98. The highest BCUT2D eigenvalue weighted by atomic mass is 32.2. The molecule has 0 saturated carbocycles. The van der Waals surface area contributed by atoms with Gasteiger partial charge in [-0.25, -0.2) is 4.98 Å². The zero-order valence-corrected chi connectivity index (χ0v) is 8.06. The Morgan fingerprint density at radius 1 is 1.43 bits per heavy atom. The maximum atomic E-state index is 12.0. The summed E-state index contributed by atoms with van der Waals surface area (Å²) in [6.07, 6.45) is -4.29. The van der Waals surface area contributed by atoms with Crippen molar-refractivity contribution in [3.8, 4) is 0 Å². The number of alkyl halides is 3. The Morgan fingerprint density at radius 3 is 2.43 bits per heavy atom. The summed E-state index contributed by atoms with van der Waals surface area (Å²) in [4.78, 5) is 3.73. The summed E-state index contributed by atoms with van der Waals surface area (Å²) in [6.45, 7) is 0. The fourth-order valence-electron chi connectivity index (χ4n) is 0.863. The number of aliphatic hydroxyl groups is 1. The van der Waals surface area contributed by atoms with Gasteiger partial charge in [0.05, 0.1) is 5.03 Å². The number of halogens is 3. The van der Waals surface area contributed by atoms with Gasteiger partial charge in [0.25, 0.3) is 0 Å². The van der Waals surface area contributed by atoms with Crippen molar-refractivity contribution in [3.05, 3.63) is 23.9 Å². The summed E-state index contributed by atoms with van der Waals surface area (Å²) in [5, 5.41) is 9.46.